The Balaban J connectivity index is 2.22. The van der Waals surface area contributed by atoms with Gasteiger partial charge in [0, 0.05) is 5.56 Å². The van der Waals surface area contributed by atoms with Gasteiger partial charge in [0.15, 0.2) is 0 Å². The number of hydrogen-bond donors (Lipinski definition) is 1. The first-order chi connectivity index (χ1) is 8.18. The van der Waals surface area contributed by atoms with E-state index in [1.807, 2.05) is 13.0 Å². The van der Waals surface area contributed by atoms with Gasteiger partial charge in [-0.05, 0) is 24.6 Å². The van der Waals surface area contributed by atoms with E-state index in [4.69, 9.17) is 14.3 Å². The van der Waals surface area contributed by atoms with Crippen LogP contribution in [0.5, 0.6) is 5.75 Å². The van der Waals surface area contributed by atoms with Crippen LogP contribution in [-0.2, 0) is 6.61 Å². The standard InChI is InChI=1S/C13H12O4/c1-9-3-2-4-11(13(14)15)12(9)17-8-10-5-6-16-7-10/h2-7H,8H2,1H3,(H,14,15). The lowest BCUT2D eigenvalue weighted by Gasteiger charge is -2.10. The monoisotopic (exact) mass is 232 g/mol. The van der Waals surface area contributed by atoms with Gasteiger partial charge in [0.25, 0.3) is 0 Å². The summed E-state index contributed by atoms with van der Waals surface area (Å²) >= 11 is 0. The maximum Gasteiger partial charge on any atom is 0.339 e. The van der Waals surface area contributed by atoms with Crippen molar-refractivity contribution in [1.29, 1.82) is 0 Å². The fourth-order valence-corrected chi connectivity index (χ4v) is 1.54. The molecular weight excluding hydrogens is 220 g/mol. The molecule has 2 rings (SSSR count). The van der Waals surface area contributed by atoms with Crippen LogP contribution in [0.4, 0.5) is 0 Å². The van der Waals surface area contributed by atoms with Crippen LogP contribution >= 0.6 is 0 Å². The van der Waals surface area contributed by atoms with Gasteiger partial charge in [0.05, 0.1) is 12.5 Å². The van der Waals surface area contributed by atoms with Crippen LogP contribution in [0.25, 0.3) is 0 Å². The minimum atomic E-state index is -0.990. The second kappa shape index (κ2) is 4.74. The molecule has 0 aliphatic rings. The molecule has 0 unspecified atom stereocenters. The average Bonchev–Trinajstić information content (AvgIpc) is 2.80. The van der Waals surface area contributed by atoms with Gasteiger partial charge in [-0.25, -0.2) is 4.79 Å². The van der Waals surface area contributed by atoms with E-state index in [1.54, 1.807) is 24.7 Å². The highest BCUT2D eigenvalue weighted by molar-refractivity contribution is 5.91. The van der Waals surface area contributed by atoms with Crippen LogP contribution in [0.1, 0.15) is 21.5 Å². The molecule has 0 spiro atoms. The van der Waals surface area contributed by atoms with Crippen LogP contribution in [0, 0.1) is 6.92 Å². The van der Waals surface area contributed by atoms with Gasteiger partial charge in [0.1, 0.15) is 17.9 Å². The number of benzene rings is 1. The number of carboxylic acid groups (broad SMARTS) is 1. The molecule has 0 radical (unpaired) electrons. The molecule has 0 atom stereocenters. The number of carboxylic acids is 1. The molecule has 88 valence electrons. The largest absolute Gasteiger partial charge is 0.488 e. The van der Waals surface area contributed by atoms with E-state index in [0.29, 0.717) is 12.4 Å². The number of ether oxygens (including phenoxy) is 1. The molecule has 4 heteroatoms. The highest BCUT2D eigenvalue weighted by Crippen LogP contribution is 2.24. The second-order valence-electron chi connectivity index (χ2n) is 3.68. The summed E-state index contributed by atoms with van der Waals surface area (Å²) in [6, 6.07) is 6.82. The smallest absolute Gasteiger partial charge is 0.339 e. The van der Waals surface area contributed by atoms with Crippen LogP contribution in [-0.4, -0.2) is 11.1 Å². The predicted molar refractivity (Wildman–Crippen MR) is 61.2 cm³/mol. The van der Waals surface area contributed by atoms with Crippen molar-refractivity contribution in [3.63, 3.8) is 0 Å². The Labute approximate surface area is 98.4 Å². The summed E-state index contributed by atoms with van der Waals surface area (Å²) in [7, 11) is 0. The van der Waals surface area contributed by atoms with E-state index in [-0.39, 0.29) is 5.56 Å². The molecule has 2 aromatic rings. The van der Waals surface area contributed by atoms with Crippen molar-refractivity contribution in [2.45, 2.75) is 13.5 Å². The molecule has 0 aliphatic heterocycles. The summed E-state index contributed by atoms with van der Waals surface area (Å²) in [6.07, 6.45) is 3.12. The molecule has 1 N–H and O–H groups in total. The van der Waals surface area contributed by atoms with Crippen molar-refractivity contribution in [2.24, 2.45) is 0 Å². The first-order valence-corrected chi connectivity index (χ1v) is 5.15. The van der Waals surface area contributed by atoms with Gasteiger partial charge in [0.2, 0.25) is 0 Å². The Hall–Kier alpha value is -2.23. The highest BCUT2D eigenvalue weighted by atomic mass is 16.5. The predicted octanol–water partition coefficient (Wildman–Crippen LogP) is 2.87. The molecular formula is C13H12O4. The fraction of sp³-hybridized carbons (Fsp3) is 0.154. The third-order valence-corrected chi connectivity index (χ3v) is 2.41. The summed E-state index contributed by atoms with van der Waals surface area (Å²) in [5.74, 6) is -0.586. The zero-order chi connectivity index (χ0) is 12.3. The lowest BCUT2D eigenvalue weighted by Crippen LogP contribution is -2.04. The van der Waals surface area contributed by atoms with Gasteiger partial charge in [-0.2, -0.15) is 0 Å². The molecule has 0 bridgehead atoms. The Morgan fingerprint density at radius 3 is 2.88 bits per heavy atom. The van der Waals surface area contributed by atoms with Gasteiger partial charge >= 0.3 is 5.97 Å². The maximum absolute atomic E-state index is 11.0. The Kier molecular flexibility index (Phi) is 3.14. The van der Waals surface area contributed by atoms with Crippen LogP contribution in [0.2, 0.25) is 0 Å². The van der Waals surface area contributed by atoms with E-state index in [2.05, 4.69) is 0 Å². The van der Waals surface area contributed by atoms with Crippen molar-refractivity contribution in [3.05, 3.63) is 53.5 Å². The number of aromatic carboxylic acids is 1. The molecule has 4 nitrogen and oxygen atoms in total. The quantitative estimate of drug-likeness (QED) is 0.880. The minimum absolute atomic E-state index is 0.175. The zero-order valence-corrected chi connectivity index (χ0v) is 9.34. The first kappa shape index (κ1) is 11.3. The van der Waals surface area contributed by atoms with E-state index in [0.717, 1.165) is 11.1 Å². The lowest BCUT2D eigenvalue weighted by atomic mass is 10.1. The van der Waals surface area contributed by atoms with Gasteiger partial charge in [-0.3, -0.25) is 0 Å². The maximum atomic E-state index is 11.0. The van der Waals surface area contributed by atoms with Gasteiger partial charge in [-0.1, -0.05) is 12.1 Å². The summed E-state index contributed by atoms with van der Waals surface area (Å²) < 4.78 is 10.4. The number of rotatable bonds is 4. The van der Waals surface area contributed by atoms with Crippen molar-refractivity contribution >= 4 is 5.97 Å². The van der Waals surface area contributed by atoms with Crippen molar-refractivity contribution in [1.82, 2.24) is 0 Å². The fourth-order valence-electron chi connectivity index (χ4n) is 1.54. The van der Waals surface area contributed by atoms with E-state index >= 15 is 0 Å². The molecule has 1 aromatic carbocycles. The summed E-state index contributed by atoms with van der Waals surface area (Å²) in [6.45, 7) is 2.11. The topological polar surface area (TPSA) is 59.7 Å². The molecule has 1 aromatic heterocycles. The van der Waals surface area contributed by atoms with E-state index in [1.165, 1.54) is 6.07 Å². The number of furan rings is 1. The summed E-state index contributed by atoms with van der Waals surface area (Å²) in [5.41, 5.74) is 1.84. The normalized spacial score (nSPS) is 10.2. The molecule has 0 fully saturated rings. The number of aryl methyl sites for hydroxylation is 1. The minimum Gasteiger partial charge on any atom is -0.488 e. The first-order valence-electron chi connectivity index (χ1n) is 5.15. The lowest BCUT2D eigenvalue weighted by molar-refractivity contribution is 0.0691. The van der Waals surface area contributed by atoms with Crippen LogP contribution in [0.3, 0.4) is 0 Å². The van der Waals surface area contributed by atoms with E-state index < -0.39 is 5.97 Å². The van der Waals surface area contributed by atoms with Crippen molar-refractivity contribution in [3.8, 4) is 5.75 Å². The summed E-state index contributed by atoms with van der Waals surface area (Å²) in [4.78, 5) is 11.0. The zero-order valence-electron chi connectivity index (χ0n) is 9.34. The van der Waals surface area contributed by atoms with E-state index in [9.17, 15) is 4.79 Å². The SMILES string of the molecule is Cc1cccc(C(=O)O)c1OCc1ccoc1. The van der Waals surface area contributed by atoms with Crippen LogP contribution < -0.4 is 4.74 Å². The molecule has 17 heavy (non-hydrogen) atoms. The number of para-hydroxylation sites is 1. The van der Waals surface area contributed by atoms with Crippen molar-refractivity contribution in [2.75, 3.05) is 0 Å². The average molecular weight is 232 g/mol. The van der Waals surface area contributed by atoms with Crippen molar-refractivity contribution < 1.29 is 19.1 Å². The molecule has 0 saturated heterocycles. The molecule has 0 amide bonds. The summed E-state index contributed by atoms with van der Waals surface area (Å²) in [5, 5.41) is 9.05. The van der Waals surface area contributed by atoms with Gasteiger partial charge < -0.3 is 14.3 Å². The Morgan fingerprint density at radius 2 is 2.24 bits per heavy atom. The third kappa shape index (κ3) is 2.47. The number of hydrogen-bond acceptors (Lipinski definition) is 3. The van der Waals surface area contributed by atoms with Crippen LogP contribution in [0.15, 0.2) is 41.2 Å². The molecule has 0 saturated carbocycles. The number of carbonyl (C=O) groups is 1. The second-order valence-corrected chi connectivity index (χ2v) is 3.68. The Morgan fingerprint density at radius 1 is 1.41 bits per heavy atom. The van der Waals surface area contributed by atoms with Gasteiger partial charge in [-0.15, -0.1) is 0 Å². The highest BCUT2D eigenvalue weighted by Gasteiger charge is 2.13. The molecule has 0 aliphatic carbocycles. The molecule has 1 heterocycles. The Bertz CT molecular complexity index is 514. The third-order valence-electron chi connectivity index (χ3n) is 2.41.